The number of ether oxygens (including phenoxy) is 3. The first-order valence-corrected chi connectivity index (χ1v) is 11.9. The van der Waals surface area contributed by atoms with Gasteiger partial charge < -0.3 is 14.2 Å². The highest BCUT2D eigenvalue weighted by Gasteiger charge is 2.24. The van der Waals surface area contributed by atoms with E-state index in [0.717, 1.165) is 54.6 Å². The molecule has 0 spiro atoms. The van der Waals surface area contributed by atoms with E-state index in [9.17, 15) is 4.79 Å². The van der Waals surface area contributed by atoms with E-state index >= 15 is 0 Å². The van der Waals surface area contributed by atoms with E-state index in [1.165, 1.54) is 5.56 Å². The van der Waals surface area contributed by atoms with Crippen LogP contribution in [0.1, 0.15) is 22.3 Å². The summed E-state index contributed by atoms with van der Waals surface area (Å²) in [6.07, 6.45) is 0.866. The molecular formula is C24H28ClN3O4S. The highest BCUT2D eigenvalue weighted by Crippen LogP contribution is 2.34. The lowest BCUT2D eigenvalue weighted by Crippen LogP contribution is -2.39. The Bertz CT molecular complexity index is 1120. The molecule has 5 rings (SSSR count). The average molecular weight is 490 g/mol. The molecular weight excluding hydrogens is 462 g/mol. The van der Waals surface area contributed by atoms with Gasteiger partial charge in [-0.3, -0.25) is 14.6 Å². The van der Waals surface area contributed by atoms with Crippen LogP contribution < -0.4 is 14.4 Å². The third-order valence-electron chi connectivity index (χ3n) is 5.76. The number of rotatable bonds is 6. The van der Waals surface area contributed by atoms with Gasteiger partial charge in [0.15, 0.2) is 16.6 Å². The number of benzene rings is 2. The molecule has 1 aromatic heterocycles. The highest BCUT2D eigenvalue weighted by atomic mass is 35.5. The third-order valence-corrected chi connectivity index (χ3v) is 6.80. The van der Waals surface area contributed by atoms with Gasteiger partial charge in [0.05, 0.1) is 23.4 Å². The molecule has 0 unspecified atom stereocenters. The molecule has 0 bridgehead atoms. The topological polar surface area (TPSA) is 64.1 Å². The summed E-state index contributed by atoms with van der Waals surface area (Å²) in [5.74, 6) is 1.23. The molecule has 1 fully saturated rings. The van der Waals surface area contributed by atoms with Gasteiger partial charge in [-0.05, 0) is 49.2 Å². The molecule has 0 aliphatic carbocycles. The summed E-state index contributed by atoms with van der Waals surface area (Å²) < 4.78 is 17.8. The highest BCUT2D eigenvalue weighted by molar-refractivity contribution is 7.22. The standard InChI is InChI=1S/C24H27N3O4S.ClH/c1-17-3-5-19-22(15-17)32-24(25-19)27(8-2-7-26-9-11-29-12-10-26)23(28)18-4-6-20-21(16-18)31-14-13-30-20;/h3-6,15-16H,2,7-14H2,1H3;1H. The summed E-state index contributed by atoms with van der Waals surface area (Å²) in [4.78, 5) is 22.6. The number of carbonyl (C=O) groups is 1. The first-order chi connectivity index (χ1) is 15.7. The predicted octanol–water partition coefficient (Wildman–Crippen LogP) is 4.17. The van der Waals surface area contributed by atoms with Crippen molar-refractivity contribution in [3.8, 4) is 11.5 Å². The SMILES string of the molecule is Cc1ccc2nc(N(CCCN3CCOCC3)C(=O)c3ccc4c(c3)OCCO4)sc2c1.Cl. The van der Waals surface area contributed by atoms with Crippen LogP contribution in [0.3, 0.4) is 0 Å². The predicted molar refractivity (Wildman–Crippen MR) is 133 cm³/mol. The van der Waals surface area contributed by atoms with E-state index in [1.54, 1.807) is 17.4 Å². The van der Waals surface area contributed by atoms with Crippen LogP contribution in [0.5, 0.6) is 11.5 Å². The van der Waals surface area contributed by atoms with Crippen LogP contribution in [0.4, 0.5) is 5.13 Å². The van der Waals surface area contributed by atoms with Gasteiger partial charge >= 0.3 is 0 Å². The molecule has 0 atom stereocenters. The van der Waals surface area contributed by atoms with Crippen LogP contribution in [0.25, 0.3) is 10.2 Å². The lowest BCUT2D eigenvalue weighted by Gasteiger charge is -2.28. The molecule has 3 heterocycles. The molecule has 2 aromatic carbocycles. The van der Waals surface area contributed by atoms with Crippen molar-refractivity contribution in [1.29, 1.82) is 0 Å². The number of anilines is 1. The molecule has 1 saturated heterocycles. The van der Waals surface area contributed by atoms with E-state index in [1.807, 2.05) is 23.1 Å². The molecule has 176 valence electrons. The van der Waals surface area contributed by atoms with Gasteiger partial charge in [0.1, 0.15) is 13.2 Å². The molecule has 0 radical (unpaired) electrons. The van der Waals surface area contributed by atoms with E-state index in [0.29, 0.717) is 36.8 Å². The normalized spacial score (nSPS) is 15.8. The van der Waals surface area contributed by atoms with E-state index in [2.05, 4.69) is 24.0 Å². The van der Waals surface area contributed by atoms with Gasteiger partial charge in [-0.1, -0.05) is 17.4 Å². The number of thiazole rings is 1. The first-order valence-electron chi connectivity index (χ1n) is 11.1. The van der Waals surface area contributed by atoms with Gasteiger partial charge in [0.2, 0.25) is 0 Å². The number of hydrogen-bond donors (Lipinski definition) is 0. The molecule has 2 aliphatic heterocycles. The fourth-order valence-corrected chi connectivity index (χ4v) is 5.12. The number of carbonyl (C=O) groups excluding carboxylic acids is 1. The Morgan fingerprint density at radius 1 is 1.06 bits per heavy atom. The second-order valence-electron chi connectivity index (χ2n) is 8.09. The van der Waals surface area contributed by atoms with Crippen LogP contribution in [-0.2, 0) is 4.74 Å². The minimum absolute atomic E-state index is 0. The largest absolute Gasteiger partial charge is 0.486 e. The lowest BCUT2D eigenvalue weighted by atomic mass is 10.1. The number of fused-ring (bicyclic) bond motifs is 2. The number of amides is 1. The second kappa shape index (κ2) is 10.7. The summed E-state index contributed by atoms with van der Waals surface area (Å²) >= 11 is 1.56. The summed E-state index contributed by atoms with van der Waals surface area (Å²) in [5, 5.41) is 0.729. The molecule has 0 saturated carbocycles. The van der Waals surface area contributed by atoms with Crippen LogP contribution in [0, 0.1) is 6.92 Å². The van der Waals surface area contributed by atoms with Gasteiger partial charge in [-0.2, -0.15) is 0 Å². The number of aromatic nitrogens is 1. The maximum absolute atomic E-state index is 13.6. The van der Waals surface area contributed by atoms with Gasteiger partial charge in [-0.25, -0.2) is 4.98 Å². The molecule has 7 nitrogen and oxygen atoms in total. The van der Waals surface area contributed by atoms with Gasteiger partial charge in [0.25, 0.3) is 5.91 Å². The average Bonchev–Trinajstić information content (AvgIpc) is 3.24. The number of morpholine rings is 1. The fourth-order valence-electron chi connectivity index (χ4n) is 4.03. The van der Waals surface area contributed by atoms with Crippen molar-refractivity contribution in [3.63, 3.8) is 0 Å². The molecule has 9 heteroatoms. The molecule has 2 aliphatic rings. The van der Waals surface area contributed by atoms with Crippen LogP contribution in [-0.4, -0.2) is 68.4 Å². The number of halogens is 1. The molecule has 0 N–H and O–H groups in total. The van der Waals surface area contributed by atoms with Gasteiger partial charge in [-0.15, -0.1) is 12.4 Å². The lowest BCUT2D eigenvalue weighted by molar-refractivity contribution is 0.0376. The Kier molecular flexibility index (Phi) is 7.70. The maximum atomic E-state index is 13.6. The summed E-state index contributed by atoms with van der Waals surface area (Å²) in [7, 11) is 0. The first kappa shape index (κ1) is 23.8. The number of hydrogen-bond acceptors (Lipinski definition) is 7. The summed E-state index contributed by atoms with van der Waals surface area (Å²) in [5.41, 5.74) is 2.68. The summed E-state index contributed by atoms with van der Waals surface area (Å²) in [6, 6.07) is 11.6. The van der Waals surface area contributed by atoms with Crippen molar-refractivity contribution < 1.29 is 19.0 Å². The van der Waals surface area contributed by atoms with Crippen molar-refractivity contribution in [2.75, 3.05) is 57.5 Å². The van der Waals surface area contributed by atoms with Crippen molar-refractivity contribution in [1.82, 2.24) is 9.88 Å². The minimum Gasteiger partial charge on any atom is -0.486 e. The van der Waals surface area contributed by atoms with Crippen molar-refractivity contribution in [2.24, 2.45) is 0 Å². The Labute approximate surface area is 203 Å². The summed E-state index contributed by atoms with van der Waals surface area (Å²) in [6.45, 7) is 8.05. The van der Waals surface area contributed by atoms with Gasteiger partial charge in [0, 0.05) is 31.7 Å². The van der Waals surface area contributed by atoms with Crippen molar-refractivity contribution >= 4 is 45.0 Å². The zero-order chi connectivity index (χ0) is 21.9. The Morgan fingerprint density at radius 3 is 2.67 bits per heavy atom. The van der Waals surface area contributed by atoms with Crippen LogP contribution >= 0.6 is 23.7 Å². The van der Waals surface area contributed by atoms with E-state index in [4.69, 9.17) is 19.2 Å². The zero-order valence-corrected chi connectivity index (χ0v) is 20.3. The Balaban J connectivity index is 0.00000259. The zero-order valence-electron chi connectivity index (χ0n) is 18.6. The smallest absolute Gasteiger partial charge is 0.260 e. The number of aryl methyl sites for hydroxylation is 1. The van der Waals surface area contributed by atoms with E-state index < -0.39 is 0 Å². The number of nitrogens with zero attached hydrogens (tertiary/aromatic N) is 3. The molecule has 33 heavy (non-hydrogen) atoms. The Hall–Kier alpha value is -2.39. The van der Waals surface area contributed by atoms with Crippen LogP contribution in [0.15, 0.2) is 36.4 Å². The molecule has 1 amide bonds. The Morgan fingerprint density at radius 2 is 1.85 bits per heavy atom. The molecule has 3 aromatic rings. The fraction of sp³-hybridized carbons (Fsp3) is 0.417. The van der Waals surface area contributed by atoms with Crippen LogP contribution in [0.2, 0.25) is 0 Å². The van der Waals surface area contributed by atoms with Crippen molar-refractivity contribution in [3.05, 3.63) is 47.5 Å². The van der Waals surface area contributed by atoms with Crippen molar-refractivity contribution in [2.45, 2.75) is 13.3 Å². The quantitative estimate of drug-likeness (QED) is 0.518. The third kappa shape index (κ3) is 5.41. The maximum Gasteiger partial charge on any atom is 0.260 e. The minimum atomic E-state index is -0.0697. The monoisotopic (exact) mass is 489 g/mol. The van der Waals surface area contributed by atoms with E-state index in [-0.39, 0.29) is 18.3 Å². The second-order valence-corrected chi connectivity index (χ2v) is 9.10.